The van der Waals surface area contributed by atoms with E-state index < -0.39 is 24.5 Å². The quantitative estimate of drug-likeness (QED) is 0.802. The molecule has 1 aromatic rings. The summed E-state index contributed by atoms with van der Waals surface area (Å²) in [6, 6.07) is 4.06. The van der Waals surface area contributed by atoms with Crippen LogP contribution in [-0.4, -0.2) is 22.3 Å². The van der Waals surface area contributed by atoms with Crippen molar-refractivity contribution >= 4 is 5.97 Å². The number of aliphatic carboxylic acids is 1. The number of para-hydroxylation sites is 1. The third-order valence-corrected chi connectivity index (χ3v) is 2.13. The van der Waals surface area contributed by atoms with E-state index in [2.05, 4.69) is 0 Å². The SMILES string of the molecule is CCC(Oc1c(F)cccc1CO)C(=O)O. The van der Waals surface area contributed by atoms with Crippen molar-refractivity contribution in [3.8, 4) is 5.75 Å². The van der Waals surface area contributed by atoms with Crippen LogP contribution in [-0.2, 0) is 11.4 Å². The highest BCUT2D eigenvalue weighted by Gasteiger charge is 2.20. The number of aliphatic hydroxyl groups is 1. The van der Waals surface area contributed by atoms with Gasteiger partial charge < -0.3 is 14.9 Å². The number of hydrogen-bond acceptors (Lipinski definition) is 3. The molecular weight excluding hydrogens is 215 g/mol. The molecule has 0 spiro atoms. The average molecular weight is 228 g/mol. The van der Waals surface area contributed by atoms with Crippen LogP contribution in [0.1, 0.15) is 18.9 Å². The summed E-state index contributed by atoms with van der Waals surface area (Å²) in [5.74, 6) is -2.03. The van der Waals surface area contributed by atoms with Gasteiger partial charge in [-0.3, -0.25) is 0 Å². The topological polar surface area (TPSA) is 66.8 Å². The van der Waals surface area contributed by atoms with Crippen molar-refractivity contribution < 1.29 is 24.1 Å². The Morgan fingerprint density at radius 1 is 1.56 bits per heavy atom. The van der Waals surface area contributed by atoms with Crippen LogP contribution in [0, 0.1) is 5.82 Å². The smallest absolute Gasteiger partial charge is 0.344 e. The Kier molecular flexibility index (Phi) is 4.25. The van der Waals surface area contributed by atoms with Crippen molar-refractivity contribution in [2.24, 2.45) is 0 Å². The molecule has 1 aromatic carbocycles. The number of aliphatic hydroxyl groups excluding tert-OH is 1. The minimum atomic E-state index is -1.16. The molecule has 0 aliphatic carbocycles. The number of carboxylic acids is 1. The van der Waals surface area contributed by atoms with Crippen molar-refractivity contribution in [2.45, 2.75) is 26.1 Å². The van der Waals surface area contributed by atoms with Gasteiger partial charge in [0, 0.05) is 5.56 Å². The number of hydrogen-bond donors (Lipinski definition) is 2. The summed E-state index contributed by atoms with van der Waals surface area (Å²) < 4.78 is 18.4. The molecule has 0 radical (unpaired) electrons. The first-order valence-electron chi connectivity index (χ1n) is 4.87. The lowest BCUT2D eigenvalue weighted by molar-refractivity contribution is -0.145. The maximum Gasteiger partial charge on any atom is 0.344 e. The molecule has 0 saturated carbocycles. The number of benzene rings is 1. The zero-order valence-corrected chi connectivity index (χ0v) is 8.81. The van der Waals surface area contributed by atoms with E-state index in [0.29, 0.717) is 0 Å². The van der Waals surface area contributed by atoms with Crippen LogP contribution in [0.5, 0.6) is 5.75 Å². The fraction of sp³-hybridized carbons (Fsp3) is 0.364. The van der Waals surface area contributed by atoms with E-state index in [4.69, 9.17) is 14.9 Å². The summed E-state index contributed by atoms with van der Waals surface area (Å²) >= 11 is 0. The lowest BCUT2D eigenvalue weighted by Gasteiger charge is -2.16. The fourth-order valence-electron chi connectivity index (χ4n) is 1.26. The van der Waals surface area contributed by atoms with Gasteiger partial charge in [0.15, 0.2) is 17.7 Å². The molecule has 0 aliphatic heterocycles. The second-order valence-corrected chi connectivity index (χ2v) is 3.24. The van der Waals surface area contributed by atoms with Crippen molar-refractivity contribution in [3.05, 3.63) is 29.6 Å². The number of ether oxygens (including phenoxy) is 1. The van der Waals surface area contributed by atoms with Crippen LogP contribution in [0.3, 0.4) is 0 Å². The van der Waals surface area contributed by atoms with E-state index in [1.807, 2.05) is 0 Å². The predicted octanol–water partition coefficient (Wildman–Crippen LogP) is 1.56. The highest BCUT2D eigenvalue weighted by atomic mass is 19.1. The zero-order chi connectivity index (χ0) is 12.1. The van der Waals surface area contributed by atoms with Gasteiger partial charge in [-0.25, -0.2) is 9.18 Å². The molecule has 0 fully saturated rings. The monoisotopic (exact) mass is 228 g/mol. The molecule has 0 amide bonds. The van der Waals surface area contributed by atoms with E-state index >= 15 is 0 Å². The maximum absolute atomic E-state index is 13.4. The Morgan fingerprint density at radius 2 is 2.25 bits per heavy atom. The highest BCUT2D eigenvalue weighted by molar-refractivity contribution is 5.72. The van der Waals surface area contributed by atoms with Gasteiger partial charge >= 0.3 is 5.97 Å². The average Bonchev–Trinajstić information content (AvgIpc) is 2.26. The lowest BCUT2D eigenvalue weighted by Crippen LogP contribution is -2.26. The van der Waals surface area contributed by atoms with Crippen molar-refractivity contribution in [1.29, 1.82) is 0 Å². The van der Waals surface area contributed by atoms with E-state index in [-0.39, 0.29) is 17.7 Å². The molecule has 1 atom stereocenters. The number of carboxylic acid groups (broad SMARTS) is 1. The molecule has 16 heavy (non-hydrogen) atoms. The van der Waals surface area contributed by atoms with E-state index in [0.717, 1.165) is 6.07 Å². The fourth-order valence-corrected chi connectivity index (χ4v) is 1.26. The number of carbonyl (C=O) groups is 1. The van der Waals surface area contributed by atoms with Gasteiger partial charge in [-0.1, -0.05) is 19.1 Å². The summed E-state index contributed by atoms with van der Waals surface area (Å²) in [4.78, 5) is 10.7. The van der Waals surface area contributed by atoms with Gasteiger partial charge in [-0.15, -0.1) is 0 Å². The minimum Gasteiger partial charge on any atom is -0.479 e. The largest absolute Gasteiger partial charge is 0.479 e. The highest BCUT2D eigenvalue weighted by Crippen LogP contribution is 2.24. The summed E-state index contributed by atoms with van der Waals surface area (Å²) in [7, 11) is 0. The van der Waals surface area contributed by atoms with Crippen LogP contribution < -0.4 is 4.74 Å². The molecule has 0 aromatic heterocycles. The second kappa shape index (κ2) is 5.46. The molecule has 0 aliphatic rings. The number of halogens is 1. The molecule has 2 N–H and O–H groups in total. The molecule has 88 valence electrons. The molecular formula is C11H13FO4. The Bertz CT molecular complexity index is 378. The van der Waals surface area contributed by atoms with Crippen LogP contribution >= 0.6 is 0 Å². The van der Waals surface area contributed by atoms with Crippen LogP contribution in [0.2, 0.25) is 0 Å². The van der Waals surface area contributed by atoms with Gasteiger partial charge in [0.1, 0.15) is 0 Å². The molecule has 4 nitrogen and oxygen atoms in total. The molecule has 0 bridgehead atoms. The Balaban J connectivity index is 2.98. The normalized spacial score (nSPS) is 12.2. The predicted molar refractivity (Wildman–Crippen MR) is 54.7 cm³/mol. The molecule has 0 saturated heterocycles. The van der Waals surface area contributed by atoms with Crippen LogP contribution in [0.4, 0.5) is 4.39 Å². The van der Waals surface area contributed by atoms with Gasteiger partial charge in [0.05, 0.1) is 6.61 Å². The first-order chi connectivity index (χ1) is 7.60. The second-order valence-electron chi connectivity index (χ2n) is 3.24. The third kappa shape index (κ3) is 2.70. The summed E-state index contributed by atoms with van der Waals surface area (Å²) in [5.41, 5.74) is 0.236. The van der Waals surface area contributed by atoms with Crippen LogP contribution in [0.15, 0.2) is 18.2 Å². The Hall–Kier alpha value is -1.62. The Labute approximate surface area is 92.3 Å². The lowest BCUT2D eigenvalue weighted by atomic mass is 10.2. The Morgan fingerprint density at radius 3 is 2.75 bits per heavy atom. The van der Waals surface area contributed by atoms with Crippen molar-refractivity contribution in [2.75, 3.05) is 0 Å². The molecule has 1 unspecified atom stereocenters. The van der Waals surface area contributed by atoms with E-state index in [1.54, 1.807) is 6.92 Å². The van der Waals surface area contributed by atoms with Crippen molar-refractivity contribution in [3.63, 3.8) is 0 Å². The van der Waals surface area contributed by atoms with Crippen molar-refractivity contribution in [1.82, 2.24) is 0 Å². The number of rotatable bonds is 5. The van der Waals surface area contributed by atoms with E-state index in [1.165, 1.54) is 12.1 Å². The summed E-state index contributed by atoms with van der Waals surface area (Å²) in [5, 5.41) is 17.8. The summed E-state index contributed by atoms with van der Waals surface area (Å²) in [6.07, 6.45) is -0.892. The first kappa shape index (κ1) is 12.4. The van der Waals surface area contributed by atoms with Gasteiger partial charge in [-0.2, -0.15) is 0 Å². The van der Waals surface area contributed by atoms with E-state index in [9.17, 15) is 9.18 Å². The van der Waals surface area contributed by atoms with Gasteiger partial charge in [-0.05, 0) is 12.5 Å². The molecule has 0 heterocycles. The standard InChI is InChI=1S/C11H13FO4/c1-2-9(11(14)15)16-10-7(6-13)4-3-5-8(10)12/h3-5,9,13H,2,6H2,1H3,(H,14,15). The van der Waals surface area contributed by atoms with Gasteiger partial charge in [0.2, 0.25) is 0 Å². The zero-order valence-electron chi connectivity index (χ0n) is 8.81. The summed E-state index contributed by atoms with van der Waals surface area (Å²) in [6.45, 7) is 1.22. The minimum absolute atomic E-state index is 0.195. The maximum atomic E-state index is 13.4. The molecule has 1 rings (SSSR count). The third-order valence-electron chi connectivity index (χ3n) is 2.13. The van der Waals surface area contributed by atoms with Crippen LogP contribution in [0.25, 0.3) is 0 Å². The van der Waals surface area contributed by atoms with Gasteiger partial charge in [0.25, 0.3) is 0 Å². The first-order valence-corrected chi connectivity index (χ1v) is 4.87. The molecule has 5 heteroatoms.